The van der Waals surface area contributed by atoms with Crippen molar-refractivity contribution >= 4 is 52.0 Å². The van der Waals surface area contributed by atoms with Crippen molar-refractivity contribution in [1.82, 2.24) is 0 Å². The van der Waals surface area contributed by atoms with Crippen molar-refractivity contribution in [2.45, 2.75) is 6.92 Å². The van der Waals surface area contributed by atoms with Crippen molar-refractivity contribution < 1.29 is 9.21 Å². The van der Waals surface area contributed by atoms with E-state index in [0.29, 0.717) is 31.5 Å². The van der Waals surface area contributed by atoms with Gasteiger partial charge in [-0.15, -0.1) is 0 Å². The third-order valence-electron chi connectivity index (χ3n) is 4.02. The standard InChI is InChI=1S/C21H13Cl2NO2S/c1-12-2-4-13(5-3-12)21-24-20(25)19(27-21)11-15-7-9-18(26-15)14-6-8-16(22)17(23)10-14/h2-11H,1H3/b19-11-. The van der Waals surface area contributed by atoms with Crippen LogP contribution >= 0.6 is 35.0 Å². The summed E-state index contributed by atoms with van der Waals surface area (Å²) in [6.45, 7) is 2.02. The molecule has 0 bridgehead atoms. The van der Waals surface area contributed by atoms with E-state index in [-0.39, 0.29) is 5.91 Å². The van der Waals surface area contributed by atoms with Crippen molar-refractivity contribution in [3.8, 4) is 11.3 Å². The first kappa shape index (κ1) is 18.1. The monoisotopic (exact) mass is 413 g/mol. The van der Waals surface area contributed by atoms with E-state index >= 15 is 0 Å². The molecule has 1 aromatic heterocycles. The second-order valence-electron chi connectivity index (χ2n) is 6.03. The zero-order valence-corrected chi connectivity index (χ0v) is 16.5. The molecule has 0 saturated heterocycles. The van der Waals surface area contributed by atoms with Gasteiger partial charge >= 0.3 is 0 Å². The molecule has 0 N–H and O–H groups in total. The molecule has 2 aromatic carbocycles. The van der Waals surface area contributed by atoms with Gasteiger partial charge in [-0.1, -0.05) is 64.8 Å². The molecule has 6 heteroatoms. The number of amides is 1. The van der Waals surface area contributed by atoms with Crippen molar-refractivity contribution in [3.05, 3.63) is 86.4 Å². The van der Waals surface area contributed by atoms with Crippen LogP contribution in [0.25, 0.3) is 17.4 Å². The molecule has 0 unspecified atom stereocenters. The first-order chi connectivity index (χ1) is 13.0. The summed E-state index contributed by atoms with van der Waals surface area (Å²) in [7, 11) is 0. The SMILES string of the molecule is Cc1ccc(C2=NC(=O)/C(=C/c3ccc(-c4ccc(Cl)c(Cl)c4)o3)S2)cc1. The van der Waals surface area contributed by atoms with Gasteiger partial charge in [-0.2, -0.15) is 0 Å². The number of halogens is 2. The van der Waals surface area contributed by atoms with Crippen molar-refractivity contribution in [3.63, 3.8) is 0 Å². The molecule has 0 atom stereocenters. The third kappa shape index (κ3) is 3.88. The molecular formula is C21H13Cl2NO2S. The number of furan rings is 1. The van der Waals surface area contributed by atoms with Gasteiger partial charge < -0.3 is 4.42 Å². The molecule has 2 heterocycles. The minimum atomic E-state index is -0.261. The van der Waals surface area contributed by atoms with E-state index in [9.17, 15) is 4.79 Å². The Morgan fingerprint density at radius 3 is 2.44 bits per heavy atom. The molecule has 3 nitrogen and oxygen atoms in total. The third-order valence-corrected chi connectivity index (χ3v) is 5.80. The van der Waals surface area contributed by atoms with Crippen LogP contribution in [0.15, 0.2) is 68.9 Å². The second-order valence-corrected chi connectivity index (χ2v) is 7.87. The lowest BCUT2D eigenvalue weighted by molar-refractivity contribution is -0.113. The van der Waals surface area contributed by atoms with E-state index < -0.39 is 0 Å². The fraction of sp³-hybridized carbons (Fsp3) is 0.0476. The number of nitrogens with zero attached hydrogens (tertiary/aromatic N) is 1. The predicted molar refractivity (Wildman–Crippen MR) is 112 cm³/mol. The topological polar surface area (TPSA) is 42.6 Å². The number of aliphatic imine (C=N–C) groups is 1. The highest BCUT2D eigenvalue weighted by Gasteiger charge is 2.23. The molecule has 0 radical (unpaired) electrons. The summed E-state index contributed by atoms with van der Waals surface area (Å²) in [5, 5.41) is 1.65. The van der Waals surface area contributed by atoms with Crippen LogP contribution in [-0.4, -0.2) is 11.0 Å². The maximum absolute atomic E-state index is 12.2. The van der Waals surface area contributed by atoms with E-state index in [4.69, 9.17) is 27.6 Å². The van der Waals surface area contributed by atoms with Gasteiger partial charge in [0.05, 0.1) is 15.0 Å². The maximum Gasteiger partial charge on any atom is 0.285 e. The summed E-state index contributed by atoms with van der Waals surface area (Å²) in [6.07, 6.45) is 1.71. The van der Waals surface area contributed by atoms with Gasteiger partial charge in [-0.25, -0.2) is 4.99 Å². The number of carbonyl (C=O) groups is 1. The molecule has 27 heavy (non-hydrogen) atoms. The number of aryl methyl sites for hydroxylation is 1. The van der Waals surface area contributed by atoms with Gasteiger partial charge in [0.2, 0.25) is 0 Å². The molecule has 4 rings (SSSR count). The van der Waals surface area contributed by atoms with Crippen molar-refractivity contribution in [2.75, 3.05) is 0 Å². The Kier molecular flexibility index (Phi) is 4.96. The Morgan fingerprint density at radius 1 is 0.963 bits per heavy atom. The molecule has 134 valence electrons. The number of hydrogen-bond donors (Lipinski definition) is 0. The molecule has 1 aliphatic rings. The quantitative estimate of drug-likeness (QED) is 0.452. The highest BCUT2D eigenvalue weighted by atomic mass is 35.5. The summed E-state index contributed by atoms with van der Waals surface area (Å²) in [5.74, 6) is 0.964. The van der Waals surface area contributed by atoms with E-state index in [2.05, 4.69) is 4.99 Å². The van der Waals surface area contributed by atoms with Crippen LogP contribution in [-0.2, 0) is 4.79 Å². The molecule has 0 aliphatic carbocycles. The first-order valence-electron chi connectivity index (χ1n) is 8.14. The molecular weight excluding hydrogens is 401 g/mol. The highest BCUT2D eigenvalue weighted by Crippen LogP contribution is 2.34. The van der Waals surface area contributed by atoms with Crippen molar-refractivity contribution in [2.24, 2.45) is 4.99 Å². The Morgan fingerprint density at radius 2 is 1.70 bits per heavy atom. The van der Waals surface area contributed by atoms with Gasteiger partial charge in [0.25, 0.3) is 5.91 Å². The number of hydrogen-bond acceptors (Lipinski definition) is 3. The molecule has 1 amide bonds. The number of thioether (sulfide) groups is 1. The van der Waals surface area contributed by atoms with Crippen LogP contribution in [0.4, 0.5) is 0 Å². The van der Waals surface area contributed by atoms with E-state index in [1.807, 2.05) is 49.4 Å². The summed E-state index contributed by atoms with van der Waals surface area (Å²) in [5.41, 5.74) is 2.91. The van der Waals surface area contributed by atoms with Gasteiger partial charge in [0.1, 0.15) is 16.6 Å². The average molecular weight is 414 g/mol. The van der Waals surface area contributed by atoms with Crippen molar-refractivity contribution in [1.29, 1.82) is 0 Å². The lowest BCUT2D eigenvalue weighted by atomic mass is 10.2. The smallest absolute Gasteiger partial charge is 0.285 e. The summed E-state index contributed by atoms with van der Waals surface area (Å²) in [6, 6.07) is 16.9. The van der Waals surface area contributed by atoms with Crippen LogP contribution in [0, 0.1) is 6.92 Å². The lowest BCUT2D eigenvalue weighted by Crippen LogP contribution is -1.90. The van der Waals surface area contributed by atoms with Gasteiger partial charge in [0.15, 0.2) is 0 Å². The molecule has 3 aromatic rings. The van der Waals surface area contributed by atoms with E-state index in [1.54, 1.807) is 18.2 Å². The lowest BCUT2D eigenvalue weighted by Gasteiger charge is -2.00. The minimum absolute atomic E-state index is 0.261. The molecule has 0 spiro atoms. The molecule has 1 aliphatic heterocycles. The zero-order valence-electron chi connectivity index (χ0n) is 14.2. The Hall–Kier alpha value is -2.27. The largest absolute Gasteiger partial charge is 0.457 e. The average Bonchev–Trinajstić information content (AvgIpc) is 3.26. The van der Waals surface area contributed by atoms with Crippen LogP contribution in [0.1, 0.15) is 16.9 Å². The minimum Gasteiger partial charge on any atom is -0.457 e. The first-order valence-corrected chi connectivity index (χ1v) is 9.72. The van der Waals surface area contributed by atoms with Crippen LogP contribution < -0.4 is 0 Å². The zero-order chi connectivity index (χ0) is 19.0. The number of carbonyl (C=O) groups excluding carboxylic acids is 1. The van der Waals surface area contributed by atoms with Crippen LogP contribution in [0.2, 0.25) is 10.0 Å². The summed E-state index contributed by atoms with van der Waals surface area (Å²) >= 11 is 13.4. The fourth-order valence-electron chi connectivity index (χ4n) is 2.59. The second kappa shape index (κ2) is 7.39. The Balaban J connectivity index is 1.56. The van der Waals surface area contributed by atoms with E-state index in [1.165, 1.54) is 11.8 Å². The van der Waals surface area contributed by atoms with Crippen LogP contribution in [0.5, 0.6) is 0 Å². The number of benzene rings is 2. The summed E-state index contributed by atoms with van der Waals surface area (Å²) < 4.78 is 5.84. The van der Waals surface area contributed by atoms with E-state index in [0.717, 1.165) is 16.7 Å². The Labute approximate surface area is 170 Å². The predicted octanol–water partition coefficient (Wildman–Crippen LogP) is 6.62. The van der Waals surface area contributed by atoms with Gasteiger partial charge in [-0.3, -0.25) is 4.79 Å². The normalized spacial score (nSPS) is 15.4. The summed E-state index contributed by atoms with van der Waals surface area (Å²) in [4.78, 5) is 16.9. The maximum atomic E-state index is 12.2. The highest BCUT2D eigenvalue weighted by molar-refractivity contribution is 8.19. The molecule has 0 saturated carbocycles. The van der Waals surface area contributed by atoms with Gasteiger partial charge in [0, 0.05) is 17.2 Å². The Bertz CT molecular complexity index is 1100. The number of rotatable bonds is 3. The van der Waals surface area contributed by atoms with Crippen LogP contribution in [0.3, 0.4) is 0 Å². The van der Waals surface area contributed by atoms with Gasteiger partial charge in [-0.05, 0) is 37.3 Å². The fourth-order valence-corrected chi connectivity index (χ4v) is 3.79. The molecule has 0 fully saturated rings.